The van der Waals surface area contributed by atoms with Crippen molar-refractivity contribution in [3.63, 3.8) is 0 Å². The van der Waals surface area contributed by atoms with Gasteiger partial charge in [-0.3, -0.25) is 0 Å². The number of carboxylic acids is 1. The van der Waals surface area contributed by atoms with Crippen molar-refractivity contribution in [2.45, 2.75) is 6.92 Å². The number of ether oxygens (including phenoxy) is 1. The number of hydrogen-bond donors (Lipinski definition) is 1. The molecule has 1 N–H and O–H groups in total. The normalized spacial score (nSPS) is 10.3. The Balaban J connectivity index is 2.60. The Morgan fingerprint density at radius 2 is 1.80 bits per heavy atom. The van der Waals surface area contributed by atoms with Crippen LogP contribution in [0.5, 0.6) is 5.75 Å². The smallest absolute Gasteiger partial charge is 0.336 e. The number of benzene rings is 2. The van der Waals surface area contributed by atoms with Gasteiger partial charge in [-0.05, 0) is 30.7 Å². The van der Waals surface area contributed by atoms with E-state index in [1.165, 1.54) is 30.3 Å². The second-order valence-electron chi connectivity index (χ2n) is 4.02. The Morgan fingerprint density at radius 1 is 1.10 bits per heavy atom. The molecule has 0 radical (unpaired) electrons. The maximum Gasteiger partial charge on any atom is 0.336 e. The van der Waals surface area contributed by atoms with E-state index in [-0.39, 0.29) is 29.0 Å². The van der Waals surface area contributed by atoms with E-state index in [0.29, 0.717) is 0 Å². The molecule has 3 nitrogen and oxygen atoms in total. The monoisotopic (exact) mass is 278 g/mol. The van der Waals surface area contributed by atoms with Crippen LogP contribution in [0.2, 0.25) is 0 Å². The molecule has 0 atom stereocenters. The van der Waals surface area contributed by atoms with E-state index in [1.54, 1.807) is 13.0 Å². The largest absolute Gasteiger partial charge is 0.491 e. The fraction of sp³-hybridized carbons (Fsp3) is 0.133. The van der Waals surface area contributed by atoms with Crippen LogP contribution in [0.3, 0.4) is 0 Å². The van der Waals surface area contributed by atoms with Crippen molar-refractivity contribution in [3.05, 3.63) is 53.6 Å². The van der Waals surface area contributed by atoms with Gasteiger partial charge in [0.25, 0.3) is 0 Å². The lowest BCUT2D eigenvalue weighted by molar-refractivity contribution is 0.0697. The topological polar surface area (TPSA) is 46.5 Å². The summed E-state index contributed by atoms with van der Waals surface area (Å²) in [4.78, 5) is 11.1. The molecule has 0 bridgehead atoms. The zero-order chi connectivity index (χ0) is 14.7. The van der Waals surface area contributed by atoms with E-state index in [0.717, 1.165) is 0 Å². The van der Waals surface area contributed by atoms with Crippen LogP contribution in [0.25, 0.3) is 11.1 Å². The van der Waals surface area contributed by atoms with Crippen LogP contribution in [-0.2, 0) is 0 Å². The van der Waals surface area contributed by atoms with Crippen LogP contribution < -0.4 is 4.74 Å². The minimum atomic E-state index is -1.20. The molecule has 2 aromatic carbocycles. The quantitative estimate of drug-likeness (QED) is 0.927. The van der Waals surface area contributed by atoms with Gasteiger partial charge >= 0.3 is 5.97 Å². The molecular formula is C15H12F2O3. The molecule has 2 rings (SSSR count). The summed E-state index contributed by atoms with van der Waals surface area (Å²) in [6.07, 6.45) is 0. The third kappa shape index (κ3) is 2.47. The van der Waals surface area contributed by atoms with Crippen LogP contribution >= 0.6 is 0 Å². The van der Waals surface area contributed by atoms with Crippen molar-refractivity contribution in [1.29, 1.82) is 0 Å². The van der Waals surface area contributed by atoms with Crippen LogP contribution in [0.1, 0.15) is 17.3 Å². The summed E-state index contributed by atoms with van der Waals surface area (Å²) in [7, 11) is 0. The number of rotatable bonds is 4. The Bertz CT molecular complexity index is 654. The molecular weight excluding hydrogens is 266 g/mol. The van der Waals surface area contributed by atoms with Gasteiger partial charge in [-0.15, -0.1) is 0 Å². The van der Waals surface area contributed by atoms with Gasteiger partial charge in [-0.25, -0.2) is 9.18 Å². The zero-order valence-electron chi connectivity index (χ0n) is 10.7. The first kappa shape index (κ1) is 14.0. The van der Waals surface area contributed by atoms with Crippen LogP contribution in [0.4, 0.5) is 8.78 Å². The molecule has 104 valence electrons. The van der Waals surface area contributed by atoms with Gasteiger partial charge in [-0.1, -0.05) is 18.2 Å². The van der Waals surface area contributed by atoms with Crippen molar-refractivity contribution in [3.8, 4) is 16.9 Å². The predicted molar refractivity (Wildman–Crippen MR) is 69.9 cm³/mol. The summed E-state index contributed by atoms with van der Waals surface area (Å²) in [5, 5.41) is 9.09. The standard InChI is InChI=1S/C15H12F2O3/c1-2-20-12-8-7-10(13(16)14(12)17)9-5-3-4-6-11(9)15(18)19/h3-8H,2H2,1H3,(H,18,19). The van der Waals surface area contributed by atoms with Crippen molar-refractivity contribution >= 4 is 5.97 Å². The first-order valence-electron chi connectivity index (χ1n) is 5.99. The van der Waals surface area contributed by atoms with Crippen molar-refractivity contribution < 1.29 is 23.4 Å². The summed E-state index contributed by atoms with van der Waals surface area (Å²) >= 11 is 0. The third-order valence-electron chi connectivity index (χ3n) is 2.79. The molecule has 0 spiro atoms. The van der Waals surface area contributed by atoms with Gasteiger partial charge in [-0.2, -0.15) is 4.39 Å². The molecule has 0 heterocycles. The van der Waals surface area contributed by atoms with Crippen LogP contribution in [-0.4, -0.2) is 17.7 Å². The number of hydrogen-bond acceptors (Lipinski definition) is 2. The summed E-state index contributed by atoms with van der Waals surface area (Å²) in [5.74, 6) is -3.63. The first-order valence-corrected chi connectivity index (χ1v) is 5.99. The van der Waals surface area contributed by atoms with Crippen LogP contribution in [0.15, 0.2) is 36.4 Å². The van der Waals surface area contributed by atoms with Gasteiger partial charge in [0.2, 0.25) is 5.82 Å². The summed E-state index contributed by atoms with van der Waals surface area (Å²) < 4.78 is 32.8. The predicted octanol–water partition coefficient (Wildman–Crippen LogP) is 3.73. The maximum atomic E-state index is 14.1. The second kappa shape index (κ2) is 5.69. The molecule has 0 aliphatic rings. The Labute approximate surface area is 114 Å². The molecule has 20 heavy (non-hydrogen) atoms. The second-order valence-corrected chi connectivity index (χ2v) is 4.02. The molecule has 0 aliphatic carbocycles. The molecule has 0 amide bonds. The average Bonchev–Trinajstić information content (AvgIpc) is 2.44. The SMILES string of the molecule is CCOc1ccc(-c2ccccc2C(=O)O)c(F)c1F. The molecule has 0 unspecified atom stereocenters. The highest BCUT2D eigenvalue weighted by Crippen LogP contribution is 2.31. The summed E-state index contributed by atoms with van der Waals surface area (Å²) in [5.41, 5.74) is -0.0710. The van der Waals surface area contributed by atoms with Gasteiger partial charge in [0, 0.05) is 5.56 Å². The minimum Gasteiger partial charge on any atom is -0.491 e. The Morgan fingerprint density at radius 3 is 2.45 bits per heavy atom. The number of carboxylic acid groups (broad SMARTS) is 1. The van der Waals surface area contributed by atoms with E-state index in [4.69, 9.17) is 9.84 Å². The van der Waals surface area contributed by atoms with Gasteiger partial charge < -0.3 is 9.84 Å². The minimum absolute atomic E-state index is 0.0880. The fourth-order valence-electron chi connectivity index (χ4n) is 1.91. The molecule has 2 aromatic rings. The van der Waals surface area contributed by atoms with E-state index in [1.807, 2.05) is 0 Å². The molecule has 0 saturated carbocycles. The van der Waals surface area contributed by atoms with Gasteiger partial charge in [0.15, 0.2) is 11.6 Å². The number of carbonyl (C=O) groups is 1. The van der Waals surface area contributed by atoms with E-state index in [9.17, 15) is 13.6 Å². The average molecular weight is 278 g/mol. The van der Waals surface area contributed by atoms with Crippen molar-refractivity contribution in [2.75, 3.05) is 6.61 Å². The van der Waals surface area contributed by atoms with Crippen molar-refractivity contribution in [2.24, 2.45) is 0 Å². The highest BCUT2D eigenvalue weighted by Gasteiger charge is 2.19. The Kier molecular flexibility index (Phi) is 3.98. The number of aromatic carboxylic acids is 1. The van der Waals surface area contributed by atoms with Gasteiger partial charge in [0.1, 0.15) is 0 Å². The lowest BCUT2D eigenvalue weighted by Crippen LogP contribution is -2.02. The van der Waals surface area contributed by atoms with E-state index >= 15 is 0 Å². The zero-order valence-corrected chi connectivity index (χ0v) is 10.7. The lowest BCUT2D eigenvalue weighted by Gasteiger charge is -2.10. The number of halogens is 2. The summed E-state index contributed by atoms with van der Waals surface area (Å²) in [6, 6.07) is 8.46. The molecule has 5 heteroatoms. The molecule has 0 aliphatic heterocycles. The van der Waals surface area contributed by atoms with Crippen molar-refractivity contribution in [1.82, 2.24) is 0 Å². The highest BCUT2D eigenvalue weighted by molar-refractivity contribution is 5.96. The summed E-state index contributed by atoms with van der Waals surface area (Å²) in [6.45, 7) is 1.87. The van der Waals surface area contributed by atoms with Crippen LogP contribution in [0, 0.1) is 11.6 Å². The van der Waals surface area contributed by atoms with E-state index < -0.39 is 17.6 Å². The first-order chi connectivity index (χ1) is 9.56. The Hall–Kier alpha value is -2.43. The maximum absolute atomic E-state index is 14.1. The third-order valence-corrected chi connectivity index (χ3v) is 2.79. The molecule has 0 saturated heterocycles. The fourth-order valence-corrected chi connectivity index (χ4v) is 1.91. The highest BCUT2D eigenvalue weighted by atomic mass is 19.2. The van der Waals surface area contributed by atoms with Gasteiger partial charge in [0.05, 0.1) is 12.2 Å². The lowest BCUT2D eigenvalue weighted by atomic mass is 9.99. The molecule has 0 fully saturated rings. The molecule has 0 aromatic heterocycles. The van der Waals surface area contributed by atoms with E-state index in [2.05, 4.69) is 0 Å².